The van der Waals surface area contributed by atoms with E-state index in [0.717, 1.165) is 18.2 Å². The number of benzene rings is 1. The Labute approximate surface area is 157 Å². The Morgan fingerprint density at radius 1 is 1.27 bits per heavy atom. The van der Waals surface area contributed by atoms with Crippen molar-refractivity contribution in [2.45, 2.75) is 29.4 Å². The van der Waals surface area contributed by atoms with E-state index in [4.69, 9.17) is 11.6 Å². The topological polar surface area (TPSA) is 101 Å². The highest BCUT2D eigenvalue weighted by molar-refractivity contribution is 7.91. The predicted octanol–water partition coefficient (Wildman–Crippen LogP) is 1.18. The van der Waals surface area contributed by atoms with Crippen LogP contribution in [0.2, 0.25) is 5.02 Å². The fraction of sp³-hybridized carbons (Fsp3) is 0.533. The molecule has 0 spiro atoms. The molecule has 7 nitrogen and oxygen atoms in total. The number of likely N-dealkylation sites (tertiary alicyclic amines) is 1. The number of nitrogens with one attached hydrogen (secondary N) is 1. The minimum atomic E-state index is -3.91. The van der Waals surface area contributed by atoms with Crippen LogP contribution in [0.5, 0.6) is 0 Å². The molecule has 0 atom stereocenters. The lowest BCUT2D eigenvalue weighted by molar-refractivity contribution is -0.131. The zero-order valence-electron chi connectivity index (χ0n) is 14.1. The Kier molecular flexibility index (Phi) is 6.65. The van der Waals surface area contributed by atoms with E-state index in [-0.39, 0.29) is 28.8 Å². The molecule has 1 aliphatic heterocycles. The van der Waals surface area contributed by atoms with Crippen LogP contribution < -0.4 is 4.72 Å². The lowest BCUT2D eigenvalue weighted by Gasteiger charge is -2.31. The summed E-state index contributed by atoms with van der Waals surface area (Å²) in [4.78, 5) is 13.5. The number of hydrogen-bond donors (Lipinski definition) is 1. The average Bonchev–Trinajstić information content (AvgIpc) is 2.56. The molecule has 0 saturated carbocycles. The molecule has 0 aliphatic carbocycles. The summed E-state index contributed by atoms with van der Waals surface area (Å²) in [5, 5.41) is -0.744. The third-order valence-corrected chi connectivity index (χ3v) is 7.66. The zero-order valence-corrected chi connectivity index (χ0v) is 16.5. The number of sulfone groups is 1. The van der Waals surface area contributed by atoms with Gasteiger partial charge < -0.3 is 4.90 Å². The second-order valence-corrected chi connectivity index (χ2v) is 10.6. The highest BCUT2D eigenvalue weighted by Crippen LogP contribution is 2.20. The molecule has 146 valence electrons. The van der Waals surface area contributed by atoms with Crippen LogP contribution >= 0.6 is 11.6 Å². The summed E-state index contributed by atoms with van der Waals surface area (Å²) in [5.41, 5.74) is 0. The predicted molar refractivity (Wildman–Crippen MR) is 95.7 cm³/mol. The molecular weight excluding hydrogens is 407 g/mol. The number of nitrogens with zero attached hydrogens (tertiary/aromatic N) is 1. The van der Waals surface area contributed by atoms with Crippen molar-refractivity contribution in [3.8, 4) is 0 Å². The highest BCUT2D eigenvalue weighted by Gasteiger charge is 2.28. The second-order valence-electron chi connectivity index (χ2n) is 6.13. The summed E-state index contributed by atoms with van der Waals surface area (Å²) in [6, 6.07) is 3.03. The van der Waals surface area contributed by atoms with Gasteiger partial charge in [0.05, 0.1) is 15.2 Å². The van der Waals surface area contributed by atoms with Gasteiger partial charge in [-0.1, -0.05) is 11.6 Å². The van der Waals surface area contributed by atoms with Crippen LogP contribution in [0.4, 0.5) is 4.39 Å². The van der Waals surface area contributed by atoms with Gasteiger partial charge in [0.15, 0.2) is 0 Å². The van der Waals surface area contributed by atoms with Crippen LogP contribution in [-0.2, 0) is 24.7 Å². The molecular formula is C15H20ClFN2O5S2. The molecule has 1 fully saturated rings. The Balaban J connectivity index is 1.85. The van der Waals surface area contributed by atoms with Gasteiger partial charge in [0, 0.05) is 32.3 Å². The van der Waals surface area contributed by atoms with Gasteiger partial charge in [-0.25, -0.2) is 25.9 Å². The van der Waals surface area contributed by atoms with Crippen molar-refractivity contribution in [1.82, 2.24) is 9.62 Å². The maximum absolute atomic E-state index is 13.1. The van der Waals surface area contributed by atoms with Crippen molar-refractivity contribution < 1.29 is 26.0 Å². The number of sulfonamides is 1. The van der Waals surface area contributed by atoms with Gasteiger partial charge in [0.2, 0.25) is 15.9 Å². The van der Waals surface area contributed by atoms with Crippen LogP contribution in [0, 0.1) is 5.82 Å². The minimum absolute atomic E-state index is 0.0578. The van der Waals surface area contributed by atoms with Crippen molar-refractivity contribution in [2.75, 3.05) is 25.9 Å². The summed E-state index contributed by atoms with van der Waals surface area (Å²) >= 11 is 5.58. The number of halogens is 2. The maximum atomic E-state index is 13.1. The number of carbonyl (C=O) groups excluding carboxylic acids is 1. The third kappa shape index (κ3) is 5.38. The first kappa shape index (κ1) is 21.1. The van der Waals surface area contributed by atoms with Crippen LogP contribution in [0.15, 0.2) is 23.1 Å². The van der Waals surface area contributed by atoms with Crippen LogP contribution in [0.3, 0.4) is 0 Å². The fourth-order valence-corrected chi connectivity index (χ4v) is 5.08. The van der Waals surface area contributed by atoms with E-state index in [1.165, 1.54) is 11.2 Å². The van der Waals surface area contributed by atoms with E-state index in [9.17, 15) is 26.0 Å². The molecule has 0 unspecified atom stereocenters. The minimum Gasteiger partial charge on any atom is -0.343 e. The number of amides is 1. The molecule has 0 aromatic heterocycles. The average molecular weight is 427 g/mol. The van der Waals surface area contributed by atoms with Gasteiger partial charge in [-0.05, 0) is 31.0 Å². The Morgan fingerprint density at radius 2 is 1.88 bits per heavy atom. The first-order chi connectivity index (χ1) is 12.0. The van der Waals surface area contributed by atoms with E-state index >= 15 is 0 Å². The number of piperidine rings is 1. The molecule has 1 aromatic rings. The monoisotopic (exact) mass is 426 g/mol. The van der Waals surface area contributed by atoms with E-state index in [1.807, 2.05) is 0 Å². The van der Waals surface area contributed by atoms with E-state index in [2.05, 4.69) is 4.72 Å². The molecule has 1 heterocycles. The first-order valence-electron chi connectivity index (χ1n) is 7.92. The van der Waals surface area contributed by atoms with Crippen molar-refractivity contribution in [3.05, 3.63) is 29.0 Å². The number of rotatable bonds is 6. The quantitative estimate of drug-likeness (QED) is 0.736. The van der Waals surface area contributed by atoms with Gasteiger partial charge in [-0.3, -0.25) is 4.79 Å². The summed E-state index contributed by atoms with van der Waals surface area (Å²) in [5.74, 6) is -0.977. The molecule has 0 radical (unpaired) electrons. The smallest absolute Gasteiger partial charge is 0.240 e. The summed E-state index contributed by atoms with van der Waals surface area (Å²) in [6.45, 7) is 0.538. The van der Waals surface area contributed by atoms with Gasteiger partial charge >= 0.3 is 0 Å². The van der Waals surface area contributed by atoms with Gasteiger partial charge in [0.1, 0.15) is 15.7 Å². The van der Waals surface area contributed by atoms with Crippen molar-refractivity contribution in [3.63, 3.8) is 0 Å². The van der Waals surface area contributed by atoms with Crippen molar-refractivity contribution in [1.29, 1.82) is 0 Å². The van der Waals surface area contributed by atoms with Crippen LogP contribution in [0.25, 0.3) is 0 Å². The largest absolute Gasteiger partial charge is 0.343 e. The second kappa shape index (κ2) is 8.20. The van der Waals surface area contributed by atoms with Crippen LogP contribution in [-0.4, -0.2) is 58.8 Å². The van der Waals surface area contributed by atoms with Gasteiger partial charge in [-0.2, -0.15) is 0 Å². The van der Waals surface area contributed by atoms with Gasteiger partial charge in [0.25, 0.3) is 0 Å². The lowest BCUT2D eigenvalue weighted by atomic mass is 10.1. The van der Waals surface area contributed by atoms with Crippen molar-refractivity contribution >= 4 is 37.4 Å². The first-order valence-corrected chi connectivity index (χ1v) is 11.7. The Hall–Kier alpha value is -1.23. The standard InChI is InChI=1S/C15H20ClFN2O5S2/c1-25(21,22)11-5-8-19(9-6-11)15(20)4-7-18-26(23,24)12-2-3-14(17)13(16)10-12/h2-3,10-11,18H,4-9H2,1H3. The molecule has 1 amide bonds. The van der Waals surface area contributed by atoms with Crippen molar-refractivity contribution in [2.24, 2.45) is 0 Å². The highest BCUT2D eigenvalue weighted by atomic mass is 35.5. The molecule has 1 aliphatic rings. The zero-order chi connectivity index (χ0) is 19.5. The number of carbonyl (C=O) groups is 1. The Bertz CT molecular complexity index is 881. The SMILES string of the molecule is CS(=O)(=O)C1CCN(C(=O)CCNS(=O)(=O)c2ccc(F)c(Cl)c2)CC1. The molecule has 2 rings (SSSR count). The summed E-state index contributed by atoms with van der Waals surface area (Å²) in [7, 11) is -7.02. The van der Waals surface area contributed by atoms with Gasteiger partial charge in [-0.15, -0.1) is 0 Å². The maximum Gasteiger partial charge on any atom is 0.240 e. The third-order valence-electron chi connectivity index (χ3n) is 4.23. The fourth-order valence-electron chi connectivity index (χ4n) is 2.71. The molecule has 11 heteroatoms. The molecule has 26 heavy (non-hydrogen) atoms. The van der Waals surface area contributed by atoms with E-state index in [0.29, 0.717) is 25.9 Å². The number of hydrogen-bond acceptors (Lipinski definition) is 5. The summed E-state index contributed by atoms with van der Waals surface area (Å²) < 4.78 is 62.7. The normalized spacial score (nSPS) is 16.7. The molecule has 0 bridgehead atoms. The van der Waals surface area contributed by atoms with E-state index < -0.39 is 30.9 Å². The van der Waals surface area contributed by atoms with Crippen LogP contribution in [0.1, 0.15) is 19.3 Å². The summed E-state index contributed by atoms with van der Waals surface area (Å²) in [6.07, 6.45) is 1.89. The lowest BCUT2D eigenvalue weighted by Crippen LogP contribution is -2.43. The molecule has 1 aromatic carbocycles. The molecule has 1 saturated heterocycles. The molecule has 1 N–H and O–H groups in total. The van der Waals surface area contributed by atoms with E-state index in [1.54, 1.807) is 0 Å². The Morgan fingerprint density at radius 3 is 2.42 bits per heavy atom.